The molecule has 0 bridgehead atoms. The normalized spacial score (nSPS) is 10.1. The summed E-state index contributed by atoms with van der Waals surface area (Å²) in [4.78, 5) is 22.8. The first-order valence-corrected chi connectivity index (χ1v) is 5.94. The number of hydrogen-bond acceptors (Lipinski definition) is 3. The van der Waals surface area contributed by atoms with E-state index >= 15 is 0 Å². The first kappa shape index (κ1) is 17.5. The third-order valence-electron chi connectivity index (χ3n) is 2.08. The molecule has 0 saturated heterocycles. The molecule has 0 aromatic rings. The second-order valence-corrected chi connectivity index (χ2v) is 4.00. The largest absolute Gasteiger partial charge is 0.354 e. The molecule has 0 atom stereocenters. The Hall–Kier alpha value is -0.900. The van der Waals surface area contributed by atoms with E-state index in [9.17, 15) is 9.59 Å². The van der Waals surface area contributed by atoms with Crippen LogP contribution in [0.1, 0.15) is 47.5 Å². The second kappa shape index (κ2) is 9.33. The molecule has 0 aliphatic rings. The van der Waals surface area contributed by atoms with Crippen LogP contribution in [0.4, 0.5) is 0 Å². The molecule has 0 aromatic carbocycles. The third kappa shape index (κ3) is 7.40. The number of carbonyl (C=O) groups is 2. The SMILES string of the molecule is CC.CCC(=O)CC(C)(C)C(=O)NCCN. The van der Waals surface area contributed by atoms with Gasteiger partial charge in [0.2, 0.25) is 5.91 Å². The van der Waals surface area contributed by atoms with Crippen LogP contribution in [-0.4, -0.2) is 24.8 Å². The highest BCUT2D eigenvalue weighted by molar-refractivity contribution is 5.89. The molecule has 0 saturated carbocycles. The molecular formula is C12H26N2O2. The highest BCUT2D eigenvalue weighted by Gasteiger charge is 2.29. The highest BCUT2D eigenvalue weighted by Crippen LogP contribution is 2.21. The van der Waals surface area contributed by atoms with E-state index < -0.39 is 5.41 Å². The predicted octanol–water partition coefficient (Wildman–Crippen LogP) is 1.48. The van der Waals surface area contributed by atoms with Gasteiger partial charge < -0.3 is 11.1 Å². The van der Waals surface area contributed by atoms with Gasteiger partial charge in [-0.25, -0.2) is 0 Å². The van der Waals surface area contributed by atoms with Gasteiger partial charge >= 0.3 is 0 Å². The monoisotopic (exact) mass is 230 g/mol. The lowest BCUT2D eigenvalue weighted by molar-refractivity contribution is -0.133. The number of Topliss-reactive ketones (excluding diaryl/α,β-unsaturated/α-hetero) is 1. The lowest BCUT2D eigenvalue weighted by atomic mass is 9.85. The molecule has 0 spiro atoms. The van der Waals surface area contributed by atoms with Crippen molar-refractivity contribution in [2.24, 2.45) is 11.1 Å². The predicted molar refractivity (Wildman–Crippen MR) is 67.1 cm³/mol. The van der Waals surface area contributed by atoms with Crippen molar-refractivity contribution < 1.29 is 9.59 Å². The summed E-state index contributed by atoms with van der Waals surface area (Å²) in [6, 6.07) is 0. The fraction of sp³-hybridized carbons (Fsp3) is 0.833. The van der Waals surface area contributed by atoms with Crippen molar-refractivity contribution in [1.82, 2.24) is 5.32 Å². The van der Waals surface area contributed by atoms with Crippen LogP contribution in [0.3, 0.4) is 0 Å². The Morgan fingerprint density at radius 3 is 2.12 bits per heavy atom. The first-order valence-electron chi connectivity index (χ1n) is 5.94. The number of amides is 1. The highest BCUT2D eigenvalue weighted by atomic mass is 16.2. The quantitative estimate of drug-likeness (QED) is 0.726. The van der Waals surface area contributed by atoms with Crippen LogP contribution in [0, 0.1) is 5.41 Å². The number of nitrogens with one attached hydrogen (secondary N) is 1. The van der Waals surface area contributed by atoms with Gasteiger partial charge in [0.25, 0.3) is 0 Å². The lowest BCUT2D eigenvalue weighted by Gasteiger charge is -2.22. The molecule has 16 heavy (non-hydrogen) atoms. The Balaban J connectivity index is 0. The van der Waals surface area contributed by atoms with Gasteiger partial charge in [0, 0.05) is 25.9 Å². The van der Waals surface area contributed by atoms with Crippen molar-refractivity contribution in [3.63, 3.8) is 0 Å². The average Bonchev–Trinajstić information content (AvgIpc) is 2.27. The van der Waals surface area contributed by atoms with Crippen molar-refractivity contribution in [1.29, 1.82) is 0 Å². The lowest BCUT2D eigenvalue weighted by Crippen LogP contribution is -2.40. The fourth-order valence-electron chi connectivity index (χ4n) is 1.12. The first-order chi connectivity index (χ1) is 7.44. The van der Waals surface area contributed by atoms with Gasteiger partial charge in [0.1, 0.15) is 5.78 Å². The summed E-state index contributed by atoms with van der Waals surface area (Å²) < 4.78 is 0. The second-order valence-electron chi connectivity index (χ2n) is 4.00. The van der Waals surface area contributed by atoms with E-state index in [1.54, 1.807) is 20.8 Å². The molecule has 0 aliphatic heterocycles. The van der Waals surface area contributed by atoms with E-state index in [2.05, 4.69) is 5.32 Å². The molecule has 0 heterocycles. The zero-order chi connectivity index (χ0) is 13.2. The van der Waals surface area contributed by atoms with Gasteiger partial charge in [-0.15, -0.1) is 0 Å². The van der Waals surface area contributed by atoms with Gasteiger partial charge in [-0.05, 0) is 0 Å². The summed E-state index contributed by atoms with van der Waals surface area (Å²) in [5.41, 5.74) is 4.64. The molecule has 4 nitrogen and oxygen atoms in total. The van der Waals surface area contributed by atoms with Gasteiger partial charge in [-0.1, -0.05) is 34.6 Å². The number of nitrogens with two attached hydrogens (primary N) is 1. The molecule has 96 valence electrons. The summed E-state index contributed by atoms with van der Waals surface area (Å²) in [5.74, 6) is 0.00245. The third-order valence-corrected chi connectivity index (χ3v) is 2.08. The molecule has 0 aliphatic carbocycles. The average molecular weight is 230 g/mol. The van der Waals surface area contributed by atoms with Gasteiger partial charge in [0.15, 0.2) is 0 Å². The minimum absolute atomic E-state index is 0.107. The minimum atomic E-state index is -0.623. The Morgan fingerprint density at radius 2 is 1.75 bits per heavy atom. The maximum Gasteiger partial charge on any atom is 0.226 e. The van der Waals surface area contributed by atoms with Crippen molar-refractivity contribution in [3.05, 3.63) is 0 Å². The summed E-state index contributed by atoms with van der Waals surface area (Å²) in [6.45, 7) is 10.2. The van der Waals surface area contributed by atoms with Gasteiger partial charge in [-0.2, -0.15) is 0 Å². The van der Waals surface area contributed by atoms with Crippen molar-refractivity contribution >= 4 is 11.7 Å². The Kier molecular flexibility index (Phi) is 10.2. The molecule has 1 amide bonds. The standard InChI is InChI=1S/C10H20N2O2.C2H6/c1-4-8(13)7-10(2,3)9(14)12-6-5-11;1-2/h4-7,11H2,1-3H3,(H,12,14);1-2H3. The molecule has 0 unspecified atom stereocenters. The maximum absolute atomic E-state index is 11.6. The Morgan fingerprint density at radius 1 is 1.25 bits per heavy atom. The molecule has 0 radical (unpaired) electrons. The summed E-state index contributed by atoms with van der Waals surface area (Å²) >= 11 is 0. The van der Waals surface area contributed by atoms with Crippen molar-refractivity contribution in [3.8, 4) is 0 Å². The number of ketones is 1. The number of rotatable bonds is 6. The molecule has 3 N–H and O–H groups in total. The van der Waals surface area contributed by atoms with E-state index in [1.165, 1.54) is 0 Å². The number of carbonyl (C=O) groups excluding carboxylic acids is 2. The van der Waals surface area contributed by atoms with Gasteiger partial charge in [-0.3, -0.25) is 9.59 Å². The van der Waals surface area contributed by atoms with Crippen LogP contribution >= 0.6 is 0 Å². The van der Waals surface area contributed by atoms with Crippen molar-refractivity contribution in [2.45, 2.75) is 47.5 Å². The summed E-state index contributed by atoms with van der Waals surface area (Å²) in [6.07, 6.45) is 0.771. The van der Waals surface area contributed by atoms with E-state index in [0.717, 1.165) is 0 Å². The zero-order valence-corrected chi connectivity index (χ0v) is 11.2. The van der Waals surface area contributed by atoms with E-state index in [4.69, 9.17) is 5.73 Å². The molecule has 0 fully saturated rings. The van der Waals surface area contributed by atoms with Crippen LogP contribution in [0.15, 0.2) is 0 Å². The maximum atomic E-state index is 11.6. The van der Waals surface area contributed by atoms with Crippen LogP contribution < -0.4 is 11.1 Å². The zero-order valence-electron chi connectivity index (χ0n) is 11.2. The summed E-state index contributed by atoms with van der Waals surface area (Å²) in [5, 5.41) is 2.69. The van der Waals surface area contributed by atoms with E-state index in [-0.39, 0.29) is 11.7 Å². The topological polar surface area (TPSA) is 72.2 Å². The van der Waals surface area contributed by atoms with Crippen LogP contribution in [0.5, 0.6) is 0 Å². The van der Waals surface area contributed by atoms with Crippen molar-refractivity contribution in [2.75, 3.05) is 13.1 Å². The molecule has 0 aromatic heterocycles. The molecule has 4 heteroatoms. The van der Waals surface area contributed by atoms with Crippen LogP contribution in [0.2, 0.25) is 0 Å². The smallest absolute Gasteiger partial charge is 0.226 e. The van der Waals surface area contributed by atoms with Gasteiger partial charge in [0.05, 0.1) is 5.41 Å². The van der Waals surface area contributed by atoms with Crippen LogP contribution in [-0.2, 0) is 9.59 Å². The molecular weight excluding hydrogens is 204 g/mol. The Labute approximate surface area is 99.0 Å². The Bertz CT molecular complexity index is 213. The fourth-order valence-corrected chi connectivity index (χ4v) is 1.12. The minimum Gasteiger partial charge on any atom is -0.354 e. The summed E-state index contributed by atoms with van der Waals surface area (Å²) in [7, 11) is 0. The van der Waals surface area contributed by atoms with Crippen LogP contribution in [0.25, 0.3) is 0 Å². The van der Waals surface area contributed by atoms with E-state index in [0.29, 0.717) is 25.9 Å². The molecule has 0 rings (SSSR count). The number of hydrogen-bond donors (Lipinski definition) is 2. The van der Waals surface area contributed by atoms with E-state index in [1.807, 2.05) is 13.8 Å².